The van der Waals surface area contributed by atoms with Gasteiger partial charge in [0.2, 0.25) is 0 Å². The number of halogens is 1. The van der Waals surface area contributed by atoms with Crippen molar-refractivity contribution in [1.29, 1.82) is 0 Å². The Kier molecular flexibility index (Phi) is 7.98. The summed E-state index contributed by atoms with van der Waals surface area (Å²) < 4.78 is 11.0. The average molecular weight is 314 g/mol. The van der Waals surface area contributed by atoms with Crippen LogP contribution in [0.5, 0.6) is 11.5 Å². The Bertz CT molecular complexity index is 451. The number of amides is 1. The lowest BCUT2D eigenvalue weighted by Gasteiger charge is -2.17. The van der Waals surface area contributed by atoms with Gasteiger partial charge in [0, 0.05) is 17.5 Å². The molecule has 1 atom stereocenters. The second kappa shape index (κ2) is 9.50. The summed E-state index contributed by atoms with van der Waals surface area (Å²) in [6.45, 7) is 6.92. The molecular weight excluding hydrogens is 290 g/mol. The minimum atomic E-state index is -0.115. The molecule has 1 unspecified atom stereocenters. The molecule has 1 aromatic carbocycles. The predicted molar refractivity (Wildman–Crippen MR) is 85.7 cm³/mol. The molecule has 1 amide bonds. The molecule has 5 heteroatoms. The van der Waals surface area contributed by atoms with Crippen LogP contribution < -0.4 is 14.8 Å². The van der Waals surface area contributed by atoms with Gasteiger partial charge in [-0.25, -0.2) is 0 Å². The molecule has 21 heavy (non-hydrogen) atoms. The highest BCUT2D eigenvalue weighted by Crippen LogP contribution is 2.28. The van der Waals surface area contributed by atoms with Crippen LogP contribution in [0.2, 0.25) is 0 Å². The number of carbonyl (C=O) groups excluding carboxylic acids is 1. The SMILES string of the molecule is CCOc1ccc(C(=O)NC(CC)CCCl)cc1OCC. The van der Waals surface area contributed by atoms with Crippen molar-refractivity contribution >= 4 is 17.5 Å². The van der Waals surface area contributed by atoms with E-state index in [0.29, 0.717) is 36.2 Å². The van der Waals surface area contributed by atoms with Gasteiger partial charge in [-0.15, -0.1) is 11.6 Å². The molecule has 0 aliphatic carbocycles. The van der Waals surface area contributed by atoms with E-state index in [1.165, 1.54) is 0 Å². The summed E-state index contributed by atoms with van der Waals surface area (Å²) in [5.74, 6) is 1.67. The highest BCUT2D eigenvalue weighted by atomic mass is 35.5. The maximum atomic E-state index is 12.3. The van der Waals surface area contributed by atoms with Gasteiger partial charge in [-0.05, 0) is 44.9 Å². The summed E-state index contributed by atoms with van der Waals surface area (Å²) in [7, 11) is 0. The average Bonchev–Trinajstić information content (AvgIpc) is 2.48. The van der Waals surface area contributed by atoms with Gasteiger partial charge in [0.15, 0.2) is 11.5 Å². The zero-order valence-electron chi connectivity index (χ0n) is 12.9. The summed E-state index contributed by atoms with van der Waals surface area (Å²) in [5.41, 5.74) is 0.565. The Balaban J connectivity index is 2.86. The topological polar surface area (TPSA) is 47.6 Å². The zero-order valence-corrected chi connectivity index (χ0v) is 13.7. The fourth-order valence-corrected chi connectivity index (χ4v) is 2.23. The Morgan fingerprint density at radius 2 is 1.86 bits per heavy atom. The maximum absolute atomic E-state index is 12.3. The van der Waals surface area contributed by atoms with Crippen LogP contribution >= 0.6 is 11.6 Å². The van der Waals surface area contributed by atoms with E-state index in [4.69, 9.17) is 21.1 Å². The number of rotatable bonds is 9. The molecule has 0 saturated carbocycles. The molecule has 0 aliphatic heterocycles. The monoisotopic (exact) mass is 313 g/mol. The minimum Gasteiger partial charge on any atom is -0.490 e. The minimum absolute atomic E-state index is 0.0945. The van der Waals surface area contributed by atoms with Gasteiger partial charge in [0.1, 0.15) is 0 Å². The van der Waals surface area contributed by atoms with Crippen LogP contribution in [-0.4, -0.2) is 31.0 Å². The normalized spacial score (nSPS) is 11.8. The quantitative estimate of drug-likeness (QED) is 0.708. The number of alkyl halides is 1. The predicted octanol–water partition coefficient (Wildman–Crippen LogP) is 3.62. The first-order valence-corrected chi connectivity index (χ1v) is 7.96. The van der Waals surface area contributed by atoms with Crippen LogP contribution in [0.1, 0.15) is 44.0 Å². The van der Waals surface area contributed by atoms with Crippen LogP contribution in [0.4, 0.5) is 0 Å². The van der Waals surface area contributed by atoms with Gasteiger partial charge >= 0.3 is 0 Å². The van der Waals surface area contributed by atoms with E-state index in [1.54, 1.807) is 18.2 Å². The molecule has 0 aliphatic rings. The van der Waals surface area contributed by atoms with Crippen molar-refractivity contribution in [3.05, 3.63) is 23.8 Å². The van der Waals surface area contributed by atoms with Crippen LogP contribution in [0.25, 0.3) is 0 Å². The number of hydrogen-bond donors (Lipinski definition) is 1. The number of hydrogen-bond acceptors (Lipinski definition) is 3. The highest BCUT2D eigenvalue weighted by Gasteiger charge is 2.14. The van der Waals surface area contributed by atoms with Crippen molar-refractivity contribution in [3.8, 4) is 11.5 Å². The first kappa shape index (κ1) is 17.6. The summed E-state index contributed by atoms with van der Waals surface area (Å²) in [5, 5.41) is 2.98. The third-order valence-corrected chi connectivity index (χ3v) is 3.31. The second-order valence-electron chi connectivity index (χ2n) is 4.58. The van der Waals surface area contributed by atoms with Gasteiger partial charge in [0.05, 0.1) is 13.2 Å². The van der Waals surface area contributed by atoms with Gasteiger partial charge < -0.3 is 14.8 Å². The maximum Gasteiger partial charge on any atom is 0.251 e. The van der Waals surface area contributed by atoms with Crippen LogP contribution in [0, 0.1) is 0 Å². The summed E-state index contributed by atoms with van der Waals surface area (Å²) >= 11 is 5.74. The molecule has 0 aromatic heterocycles. The van der Waals surface area contributed by atoms with Crippen molar-refractivity contribution in [2.24, 2.45) is 0 Å². The Hall–Kier alpha value is -1.42. The van der Waals surface area contributed by atoms with E-state index < -0.39 is 0 Å². The lowest BCUT2D eigenvalue weighted by molar-refractivity contribution is 0.0934. The van der Waals surface area contributed by atoms with Crippen LogP contribution in [0.15, 0.2) is 18.2 Å². The molecule has 1 rings (SSSR count). The van der Waals surface area contributed by atoms with Gasteiger partial charge in [-0.1, -0.05) is 6.92 Å². The Morgan fingerprint density at radius 1 is 1.19 bits per heavy atom. The zero-order chi connectivity index (χ0) is 15.7. The van der Waals surface area contributed by atoms with Crippen LogP contribution in [0.3, 0.4) is 0 Å². The van der Waals surface area contributed by atoms with Crippen molar-refractivity contribution < 1.29 is 14.3 Å². The largest absolute Gasteiger partial charge is 0.490 e. The van der Waals surface area contributed by atoms with Gasteiger partial charge in [-0.2, -0.15) is 0 Å². The molecule has 0 heterocycles. The first-order valence-electron chi connectivity index (χ1n) is 7.42. The lowest BCUT2D eigenvalue weighted by atomic mass is 10.1. The summed E-state index contributed by atoms with van der Waals surface area (Å²) in [6, 6.07) is 5.33. The summed E-state index contributed by atoms with van der Waals surface area (Å²) in [4.78, 5) is 12.3. The van der Waals surface area contributed by atoms with E-state index in [0.717, 1.165) is 12.8 Å². The van der Waals surface area contributed by atoms with E-state index in [1.807, 2.05) is 20.8 Å². The Morgan fingerprint density at radius 3 is 2.43 bits per heavy atom. The smallest absolute Gasteiger partial charge is 0.251 e. The third-order valence-electron chi connectivity index (χ3n) is 3.09. The number of carbonyl (C=O) groups is 1. The molecule has 0 bridgehead atoms. The summed E-state index contributed by atoms with van der Waals surface area (Å²) in [6.07, 6.45) is 1.62. The molecule has 118 valence electrons. The standard InChI is InChI=1S/C16H24ClNO3/c1-4-13(9-10-17)18-16(19)12-7-8-14(20-5-2)15(11-12)21-6-3/h7-8,11,13H,4-6,9-10H2,1-3H3,(H,18,19). The van der Waals surface area contributed by atoms with Crippen molar-refractivity contribution in [3.63, 3.8) is 0 Å². The number of nitrogens with one attached hydrogen (secondary N) is 1. The fraction of sp³-hybridized carbons (Fsp3) is 0.562. The molecule has 0 saturated heterocycles. The molecule has 0 spiro atoms. The Labute approximate surface area is 131 Å². The van der Waals surface area contributed by atoms with E-state index >= 15 is 0 Å². The first-order chi connectivity index (χ1) is 10.2. The molecule has 0 fully saturated rings. The number of benzene rings is 1. The van der Waals surface area contributed by atoms with Crippen LogP contribution in [-0.2, 0) is 0 Å². The highest BCUT2D eigenvalue weighted by molar-refractivity contribution is 6.17. The van der Waals surface area contributed by atoms with E-state index in [9.17, 15) is 4.79 Å². The molecule has 1 N–H and O–H groups in total. The molecule has 1 aromatic rings. The van der Waals surface area contributed by atoms with E-state index in [2.05, 4.69) is 5.32 Å². The molecule has 4 nitrogen and oxygen atoms in total. The second-order valence-corrected chi connectivity index (χ2v) is 4.96. The molecular formula is C16H24ClNO3. The van der Waals surface area contributed by atoms with E-state index in [-0.39, 0.29) is 11.9 Å². The van der Waals surface area contributed by atoms with Gasteiger partial charge in [0.25, 0.3) is 5.91 Å². The van der Waals surface area contributed by atoms with Crippen molar-refractivity contribution in [2.45, 2.75) is 39.7 Å². The third kappa shape index (κ3) is 5.46. The fourth-order valence-electron chi connectivity index (χ4n) is 1.97. The van der Waals surface area contributed by atoms with Crippen molar-refractivity contribution in [2.75, 3.05) is 19.1 Å². The lowest BCUT2D eigenvalue weighted by Crippen LogP contribution is -2.34. The molecule has 0 radical (unpaired) electrons. The number of ether oxygens (including phenoxy) is 2. The van der Waals surface area contributed by atoms with Crippen molar-refractivity contribution in [1.82, 2.24) is 5.32 Å². The van der Waals surface area contributed by atoms with Gasteiger partial charge in [-0.3, -0.25) is 4.79 Å².